The lowest BCUT2D eigenvalue weighted by atomic mass is 10.1. The zero-order valence-electron chi connectivity index (χ0n) is 10.2. The van der Waals surface area contributed by atoms with Gasteiger partial charge in [0, 0.05) is 11.5 Å². The number of nitrogens with two attached hydrogens (primary N) is 1. The van der Waals surface area contributed by atoms with Gasteiger partial charge in [-0.05, 0) is 30.7 Å². The number of hydrogen-bond acceptors (Lipinski definition) is 4. The lowest BCUT2D eigenvalue weighted by molar-refractivity contribution is 0.419. The van der Waals surface area contributed by atoms with Gasteiger partial charge in [0.2, 0.25) is 0 Å². The smallest absolute Gasteiger partial charge is 0.257 e. The van der Waals surface area contributed by atoms with Gasteiger partial charge in [-0.15, -0.1) is 0 Å². The Morgan fingerprint density at radius 1 is 1.35 bits per heavy atom. The first-order valence-electron chi connectivity index (χ1n) is 5.83. The molecule has 1 heterocycles. The highest BCUT2D eigenvalue weighted by molar-refractivity contribution is 5.54. The molecule has 0 fully saturated rings. The van der Waals surface area contributed by atoms with Crippen LogP contribution >= 0.6 is 0 Å². The molecule has 0 amide bonds. The van der Waals surface area contributed by atoms with Gasteiger partial charge in [0.05, 0.1) is 0 Å². The van der Waals surface area contributed by atoms with E-state index in [0.29, 0.717) is 12.4 Å². The fourth-order valence-corrected chi connectivity index (χ4v) is 1.61. The van der Waals surface area contributed by atoms with Crippen LogP contribution in [0, 0.1) is 0 Å². The highest BCUT2D eigenvalue weighted by Gasteiger charge is 2.11. The Kier molecular flexibility index (Phi) is 3.54. The third-order valence-electron chi connectivity index (χ3n) is 2.57. The third-order valence-corrected chi connectivity index (χ3v) is 2.57. The summed E-state index contributed by atoms with van der Waals surface area (Å²) in [7, 11) is 0. The molecule has 0 radical (unpaired) electrons. The van der Waals surface area contributed by atoms with Crippen molar-refractivity contribution in [2.45, 2.75) is 26.2 Å². The van der Waals surface area contributed by atoms with Gasteiger partial charge >= 0.3 is 0 Å². The van der Waals surface area contributed by atoms with Crippen molar-refractivity contribution >= 4 is 0 Å². The van der Waals surface area contributed by atoms with E-state index in [4.69, 9.17) is 10.3 Å². The van der Waals surface area contributed by atoms with Crippen molar-refractivity contribution in [1.82, 2.24) is 10.1 Å². The van der Waals surface area contributed by atoms with Gasteiger partial charge in [-0.3, -0.25) is 0 Å². The Bertz CT molecular complexity index is 491. The van der Waals surface area contributed by atoms with E-state index < -0.39 is 0 Å². The molecular weight excluding hydrogens is 214 g/mol. The Labute approximate surface area is 101 Å². The molecule has 2 N–H and O–H groups in total. The first-order chi connectivity index (χ1) is 8.20. The summed E-state index contributed by atoms with van der Waals surface area (Å²) in [6.45, 7) is 4.73. The zero-order chi connectivity index (χ0) is 12.3. The van der Waals surface area contributed by atoms with Crippen LogP contribution in [0.4, 0.5) is 0 Å². The van der Waals surface area contributed by atoms with Gasteiger partial charge in [-0.2, -0.15) is 4.98 Å². The van der Waals surface area contributed by atoms with E-state index in [9.17, 15) is 0 Å². The molecule has 4 nitrogen and oxygen atoms in total. The van der Waals surface area contributed by atoms with Gasteiger partial charge in [0.1, 0.15) is 0 Å². The summed E-state index contributed by atoms with van der Waals surface area (Å²) in [5, 5.41) is 3.96. The van der Waals surface area contributed by atoms with Crippen LogP contribution in [-0.4, -0.2) is 16.7 Å². The summed E-state index contributed by atoms with van der Waals surface area (Å²) in [5.74, 6) is 1.59. The average molecular weight is 231 g/mol. The van der Waals surface area contributed by atoms with Crippen LogP contribution in [0.25, 0.3) is 11.5 Å². The predicted octanol–water partition coefficient (Wildman–Crippen LogP) is 2.36. The summed E-state index contributed by atoms with van der Waals surface area (Å²) >= 11 is 0. The molecule has 0 aliphatic heterocycles. The number of benzene rings is 1. The van der Waals surface area contributed by atoms with E-state index in [2.05, 4.69) is 16.2 Å². The van der Waals surface area contributed by atoms with E-state index in [0.717, 1.165) is 17.8 Å². The number of nitrogens with zero attached hydrogens (tertiary/aromatic N) is 2. The SMILES string of the molecule is CC(C)c1noc(-c2cccc(CCN)c2)n1. The lowest BCUT2D eigenvalue weighted by Crippen LogP contribution is -2.02. The monoisotopic (exact) mass is 231 g/mol. The van der Waals surface area contributed by atoms with Crippen molar-refractivity contribution in [3.05, 3.63) is 35.7 Å². The van der Waals surface area contributed by atoms with E-state index >= 15 is 0 Å². The summed E-state index contributed by atoms with van der Waals surface area (Å²) < 4.78 is 5.25. The van der Waals surface area contributed by atoms with Gasteiger partial charge in [0.25, 0.3) is 5.89 Å². The van der Waals surface area contributed by atoms with Gasteiger partial charge in [0.15, 0.2) is 5.82 Å². The van der Waals surface area contributed by atoms with E-state index in [1.54, 1.807) is 0 Å². The topological polar surface area (TPSA) is 64.9 Å². The minimum absolute atomic E-state index is 0.278. The molecule has 0 spiro atoms. The second-order valence-corrected chi connectivity index (χ2v) is 4.35. The molecule has 0 bridgehead atoms. The molecule has 4 heteroatoms. The van der Waals surface area contributed by atoms with Gasteiger partial charge in [-0.1, -0.05) is 31.1 Å². The van der Waals surface area contributed by atoms with Crippen LogP contribution in [0.15, 0.2) is 28.8 Å². The van der Waals surface area contributed by atoms with Crippen molar-refractivity contribution in [1.29, 1.82) is 0 Å². The molecule has 2 rings (SSSR count). The Morgan fingerprint density at radius 2 is 2.18 bits per heavy atom. The number of hydrogen-bond donors (Lipinski definition) is 1. The van der Waals surface area contributed by atoms with E-state index in [-0.39, 0.29) is 5.92 Å². The molecule has 0 saturated heterocycles. The normalized spacial score (nSPS) is 11.1. The molecule has 90 valence electrons. The molecule has 0 atom stereocenters. The maximum atomic E-state index is 5.54. The Morgan fingerprint density at radius 3 is 2.82 bits per heavy atom. The van der Waals surface area contributed by atoms with Gasteiger partial charge < -0.3 is 10.3 Å². The minimum atomic E-state index is 0.278. The summed E-state index contributed by atoms with van der Waals surface area (Å²) in [5.41, 5.74) is 7.68. The van der Waals surface area contributed by atoms with Crippen LogP contribution in [-0.2, 0) is 6.42 Å². The van der Waals surface area contributed by atoms with E-state index in [1.807, 2.05) is 32.0 Å². The second-order valence-electron chi connectivity index (χ2n) is 4.35. The highest BCUT2D eigenvalue weighted by Crippen LogP contribution is 2.20. The first kappa shape index (κ1) is 11.8. The van der Waals surface area contributed by atoms with Crippen molar-refractivity contribution < 1.29 is 4.52 Å². The van der Waals surface area contributed by atoms with Crippen molar-refractivity contribution in [2.24, 2.45) is 5.73 Å². The van der Waals surface area contributed by atoms with Crippen LogP contribution in [0.5, 0.6) is 0 Å². The molecule has 0 saturated carbocycles. The molecule has 1 aromatic heterocycles. The standard InChI is InChI=1S/C13H17N3O/c1-9(2)12-15-13(17-16-12)11-5-3-4-10(8-11)6-7-14/h3-5,8-9H,6-7,14H2,1-2H3. The van der Waals surface area contributed by atoms with Gasteiger partial charge in [-0.25, -0.2) is 0 Å². The average Bonchev–Trinajstić information content (AvgIpc) is 2.79. The Balaban J connectivity index is 2.28. The summed E-state index contributed by atoms with van der Waals surface area (Å²) in [4.78, 5) is 4.37. The Hall–Kier alpha value is -1.68. The quantitative estimate of drug-likeness (QED) is 0.877. The van der Waals surface area contributed by atoms with Crippen LogP contribution in [0.3, 0.4) is 0 Å². The van der Waals surface area contributed by atoms with Crippen molar-refractivity contribution in [3.63, 3.8) is 0 Å². The van der Waals surface area contributed by atoms with Crippen molar-refractivity contribution in [2.75, 3.05) is 6.54 Å². The minimum Gasteiger partial charge on any atom is -0.334 e. The molecule has 1 aromatic carbocycles. The van der Waals surface area contributed by atoms with Crippen LogP contribution in [0.2, 0.25) is 0 Å². The molecule has 17 heavy (non-hydrogen) atoms. The fourth-order valence-electron chi connectivity index (χ4n) is 1.61. The molecular formula is C13H17N3O. The van der Waals surface area contributed by atoms with E-state index in [1.165, 1.54) is 5.56 Å². The third kappa shape index (κ3) is 2.71. The summed E-state index contributed by atoms with van der Waals surface area (Å²) in [6, 6.07) is 8.05. The largest absolute Gasteiger partial charge is 0.334 e. The lowest BCUT2D eigenvalue weighted by Gasteiger charge is -2.00. The molecule has 0 unspecified atom stereocenters. The first-order valence-corrected chi connectivity index (χ1v) is 5.83. The number of rotatable bonds is 4. The maximum Gasteiger partial charge on any atom is 0.257 e. The predicted molar refractivity (Wildman–Crippen MR) is 66.6 cm³/mol. The highest BCUT2D eigenvalue weighted by atomic mass is 16.5. The van der Waals surface area contributed by atoms with Crippen LogP contribution in [0.1, 0.15) is 31.2 Å². The van der Waals surface area contributed by atoms with Crippen molar-refractivity contribution in [3.8, 4) is 11.5 Å². The fraction of sp³-hybridized carbons (Fsp3) is 0.385. The molecule has 2 aromatic rings. The summed E-state index contributed by atoms with van der Waals surface area (Å²) in [6.07, 6.45) is 0.860. The number of aromatic nitrogens is 2. The molecule has 0 aliphatic rings. The maximum absolute atomic E-state index is 5.54. The second kappa shape index (κ2) is 5.10. The zero-order valence-corrected chi connectivity index (χ0v) is 10.2. The molecule has 0 aliphatic carbocycles. The van der Waals surface area contributed by atoms with Crippen LogP contribution < -0.4 is 5.73 Å².